The van der Waals surface area contributed by atoms with Crippen LogP contribution in [0.15, 0.2) is 0 Å². The van der Waals surface area contributed by atoms with Gasteiger partial charge in [0, 0.05) is 19.1 Å². The van der Waals surface area contributed by atoms with Gasteiger partial charge in [-0.15, -0.1) is 0 Å². The van der Waals surface area contributed by atoms with Crippen LogP contribution < -0.4 is 5.73 Å². The second-order valence-electron chi connectivity index (χ2n) is 3.80. The molecule has 0 saturated heterocycles. The van der Waals surface area contributed by atoms with Crippen LogP contribution in [0.4, 0.5) is 0 Å². The number of nitrogens with two attached hydrogens (primary N) is 1. The quantitative estimate of drug-likeness (QED) is 0.710. The molecule has 5 heteroatoms. The summed E-state index contributed by atoms with van der Waals surface area (Å²) in [5.74, 6) is 0.253. The van der Waals surface area contributed by atoms with E-state index in [1.54, 1.807) is 4.31 Å². The molecule has 0 radical (unpaired) electrons. The Balaban J connectivity index is 2.65. The molecule has 0 aliphatic heterocycles. The fourth-order valence-electron chi connectivity index (χ4n) is 1.73. The average molecular weight is 220 g/mol. The molecule has 0 spiro atoms. The largest absolute Gasteiger partial charge is 0.329 e. The zero-order valence-electron chi connectivity index (χ0n) is 8.78. The standard InChI is InChI=1S/C9H20N2O2S/c1-2-8-14(12,13)11(7-6-10)9-4-3-5-9/h9H,2-8,10H2,1H3. The third-order valence-corrected chi connectivity index (χ3v) is 4.77. The molecule has 84 valence electrons. The van der Waals surface area contributed by atoms with Crippen molar-refractivity contribution in [3.63, 3.8) is 0 Å². The molecule has 0 aromatic heterocycles. The van der Waals surface area contributed by atoms with Gasteiger partial charge in [0.05, 0.1) is 5.75 Å². The lowest BCUT2D eigenvalue weighted by Gasteiger charge is -2.36. The van der Waals surface area contributed by atoms with Gasteiger partial charge in [-0.25, -0.2) is 8.42 Å². The lowest BCUT2D eigenvalue weighted by molar-refractivity contribution is 0.223. The van der Waals surface area contributed by atoms with Crippen LogP contribution in [0.5, 0.6) is 0 Å². The van der Waals surface area contributed by atoms with Crippen LogP contribution in [0, 0.1) is 0 Å². The van der Waals surface area contributed by atoms with E-state index in [4.69, 9.17) is 5.73 Å². The van der Waals surface area contributed by atoms with Gasteiger partial charge < -0.3 is 5.73 Å². The van der Waals surface area contributed by atoms with Crippen LogP contribution in [0.3, 0.4) is 0 Å². The Bertz CT molecular complexity index is 260. The Labute approximate surface area is 86.5 Å². The first kappa shape index (κ1) is 11.9. The molecule has 14 heavy (non-hydrogen) atoms. The SMILES string of the molecule is CCCS(=O)(=O)N(CCN)C1CCC1. The summed E-state index contributed by atoms with van der Waals surface area (Å²) >= 11 is 0. The molecular weight excluding hydrogens is 200 g/mol. The predicted octanol–water partition coefficient (Wildman–Crippen LogP) is 0.539. The fourth-order valence-corrected chi connectivity index (χ4v) is 3.52. The van der Waals surface area contributed by atoms with Gasteiger partial charge in [0.25, 0.3) is 0 Å². The van der Waals surface area contributed by atoms with E-state index < -0.39 is 10.0 Å². The summed E-state index contributed by atoms with van der Waals surface area (Å²) in [5.41, 5.74) is 5.43. The maximum atomic E-state index is 11.8. The lowest BCUT2D eigenvalue weighted by Crippen LogP contribution is -2.47. The van der Waals surface area contributed by atoms with Gasteiger partial charge in [-0.3, -0.25) is 0 Å². The Kier molecular flexibility index (Phi) is 4.34. The number of nitrogens with zero attached hydrogens (tertiary/aromatic N) is 1. The van der Waals surface area contributed by atoms with Gasteiger partial charge in [0.15, 0.2) is 0 Å². The van der Waals surface area contributed by atoms with E-state index in [0.29, 0.717) is 19.5 Å². The smallest absolute Gasteiger partial charge is 0.214 e. The van der Waals surface area contributed by atoms with Crippen LogP contribution in [0.1, 0.15) is 32.6 Å². The molecule has 1 rings (SSSR count). The van der Waals surface area contributed by atoms with Crippen molar-refractivity contribution >= 4 is 10.0 Å². The molecule has 0 aromatic rings. The highest BCUT2D eigenvalue weighted by molar-refractivity contribution is 7.89. The molecule has 1 fully saturated rings. The number of rotatable bonds is 6. The molecular formula is C9H20N2O2S. The van der Waals surface area contributed by atoms with Crippen LogP contribution in [-0.4, -0.2) is 37.6 Å². The van der Waals surface area contributed by atoms with Crippen molar-refractivity contribution in [2.45, 2.75) is 38.6 Å². The van der Waals surface area contributed by atoms with E-state index in [1.807, 2.05) is 6.92 Å². The molecule has 4 nitrogen and oxygen atoms in total. The zero-order valence-corrected chi connectivity index (χ0v) is 9.59. The molecule has 0 atom stereocenters. The Morgan fingerprint density at radius 3 is 2.43 bits per heavy atom. The fraction of sp³-hybridized carbons (Fsp3) is 1.00. The van der Waals surface area contributed by atoms with E-state index in [9.17, 15) is 8.42 Å². The minimum Gasteiger partial charge on any atom is -0.329 e. The Morgan fingerprint density at radius 2 is 2.07 bits per heavy atom. The van der Waals surface area contributed by atoms with Crippen molar-refractivity contribution in [3.05, 3.63) is 0 Å². The normalized spacial score (nSPS) is 18.5. The Hall–Kier alpha value is -0.130. The monoisotopic (exact) mass is 220 g/mol. The molecule has 1 aliphatic rings. The maximum absolute atomic E-state index is 11.8. The summed E-state index contributed by atoms with van der Waals surface area (Å²) in [6, 6.07) is 0.232. The first-order chi connectivity index (χ1) is 6.61. The van der Waals surface area contributed by atoms with Gasteiger partial charge in [-0.05, 0) is 19.3 Å². The predicted molar refractivity (Wildman–Crippen MR) is 57.5 cm³/mol. The van der Waals surface area contributed by atoms with Gasteiger partial charge in [-0.1, -0.05) is 13.3 Å². The topological polar surface area (TPSA) is 63.4 Å². The van der Waals surface area contributed by atoms with E-state index >= 15 is 0 Å². The maximum Gasteiger partial charge on any atom is 0.214 e. The van der Waals surface area contributed by atoms with Gasteiger partial charge in [0.2, 0.25) is 10.0 Å². The third kappa shape index (κ3) is 2.68. The minimum atomic E-state index is -3.04. The van der Waals surface area contributed by atoms with Crippen molar-refractivity contribution in [2.24, 2.45) is 5.73 Å². The van der Waals surface area contributed by atoms with Crippen LogP contribution in [-0.2, 0) is 10.0 Å². The average Bonchev–Trinajstić information content (AvgIpc) is 2.00. The lowest BCUT2D eigenvalue weighted by atomic mass is 9.93. The van der Waals surface area contributed by atoms with Gasteiger partial charge in [0.1, 0.15) is 0 Å². The molecule has 1 saturated carbocycles. The third-order valence-electron chi connectivity index (χ3n) is 2.65. The number of hydrogen-bond donors (Lipinski definition) is 1. The van der Waals surface area contributed by atoms with E-state index in [-0.39, 0.29) is 11.8 Å². The van der Waals surface area contributed by atoms with Crippen molar-refractivity contribution in [2.75, 3.05) is 18.8 Å². The molecule has 0 aromatic carbocycles. The summed E-state index contributed by atoms with van der Waals surface area (Å²) in [5, 5.41) is 0. The van der Waals surface area contributed by atoms with Crippen LogP contribution in [0.25, 0.3) is 0 Å². The van der Waals surface area contributed by atoms with E-state index in [2.05, 4.69) is 0 Å². The van der Waals surface area contributed by atoms with Crippen molar-refractivity contribution in [3.8, 4) is 0 Å². The molecule has 1 aliphatic carbocycles. The molecule has 0 bridgehead atoms. The Morgan fingerprint density at radius 1 is 1.43 bits per heavy atom. The van der Waals surface area contributed by atoms with E-state index in [1.165, 1.54) is 0 Å². The summed E-state index contributed by atoms with van der Waals surface area (Å²) in [6.45, 7) is 2.78. The first-order valence-electron chi connectivity index (χ1n) is 5.31. The summed E-state index contributed by atoms with van der Waals surface area (Å²) in [6.07, 6.45) is 3.83. The summed E-state index contributed by atoms with van der Waals surface area (Å²) in [4.78, 5) is 0. The second kappa shape index (κ2) is 5.09. The second-order valence-corrected chi connectivity index (χ2v) is 5.84. The van der Waals surface area contributed by atoms with Crippen LogP contribution in [0.2, 0.25) is 0 Å². The molecule has 2 N–H and O–H groups in total. The summed E-state index contributed by atoms with van der Waals surface area (Å²) in [7, 11) is -3.04. The van der Waals surface area contributed by atoms with Crippen molar-refractivity contribution in [1.82, 2.24) is 4.31 Å². The number of hydrogen-bond acceptors (Lipinski definition) is 3. The molecule has 0 unspecified atom stereocenters. The zero-order chi connectivity index (χ0) is 10.6. The van der Waals surface area contributed by atoms with Crippen molar-refractivity contribution < 1.29 is 8.42 Å². The van der Waals surface area contributed by atoms with Crippen molar-refractivity contribution in [1.29, 1.82) is 0 Å². The highest BCUT2D eigenvalue weighted by Crippen LogP contribution is 2.26. The highest BCUT2D eigenvalue weighted by atomic mass is 32.2. The van der Waals surface area contributed by atoms with E-state index in [0.717, 1.165) is 19.3 Å². The highest BCUT2D eigenvalue weighted by Gasteiger charge is 2.32. The van der Waals surface area contributed by atoms with Gasteiger partial charge in [-0.2, -0.15) is 4.31 Å². The van der Waals surface area contributed by atoms with Crippen LogP contribution >= 0.6 is 0 Å². The van der Waals surface area contributed by atoms with Gasteiger partial charge >= 0.3 is 0 Å². The minimum absolute atomic E-state index is 0.232. The number of sulfonamides is 1. The molecule has 0 heterocycles. The first-order valence-corrected chi connectivity index (χ1v) is 6.92. The summed E-state index contributed by atoms with van der Waals surface area (Å²) < 4.78 is 25.3. The molecule has 0 amide bonds.